The van der Waals surface area contributed by atoms with Crippen LogP contribution in [-0.2, 0) is 4.57 Å². The van der Waals surface area contributed by atoms with Gasteiger partial charge in [0.1, 0.15) is 5.75 Å². The van der Waals surface area contributed by atoms with Gasteiger partial charge >= 0.3 is 6.07 Å². The van der Waals surface area contributed by atoms with Crippen LogP contribution in [-0.4, -0.2) is 0 Å². The second kappa shape index (κ2) is 5.14. The zero-order chi connectivity index (χ0) is 12.3. The largest absolute Gasteiger partial charge is 0.428 e. The summed E-state index contributed by atoms with van der Waals surface area (Å²) in [6.45, 7) is 0. The summed E-state index contributed by atoms with van der Waals surface area (Å²) in [5.41, 5.74) is 1.75. The first kappa shape index (κ1) is 12.5. The van der Waals surface area contributed by atoms with E-state index in [-0.39, 0.29) is 0 Å². The summed E-state index contributed by atoms with van der Waals surface area (Å²) >= 11 is 10.9. The van der Waals surface area contributed by atoms with Crippen LogP contribution in [0.1, 0.15) is 0 Å². The Morgan fingerprint density at radius 2 is 1.47 bits per heavy atom. The highest BCUT2D eigenvalue weighted by molar-refractivity contribution is 8.05. The van der Waals surface area contributed by atoms with Crippen molar-refractivity contribution >= 4 is 28.6 Å². The van der Waals surface area contributed by atoms with Gasteiger partial charge in [-0.15, -0.1) is 0 Å². The minimum atomic E-state index is -3.59. The van der Waals surface area contributed by atoms with Crippen molar-refractivity contribution in [3.63, 3.8) is 0 Å². The Bertz CT molecular complexity index is 551. The molecular weight excluding hydrogens is 278 g/mol. The van der Waals surface area contributed by atoms with Crippen molar-refractivity contribution in [2.75, 3.05) is 0 Å². The molecule has 0 radical (unpaired) electrons. The van der Waals surface area contributed by atoms with Gasteiger partial charge in [0.25, 0.3) is 0 Å². The quantitative estimate of drug-likeness (QED) is 0.714. The molecule has 0 amide bonds. The van der Waals surface area contributed by atoms with Crippen molar-refractivity contribution in [2.24, 2.45) is 0 Å². The molecule has 0 spiro atoms. The van der Waals surface area contributed by atoms with Crippen molar-refractivity contribution in [2.45, 2.75) is 0 Å². The molecule has 2 nitrogen and oxygen atoms in total. The van der Waals surface area contributed by atoms with Gasteiger partial charge in [0.2, 0.25) is 0 Å². The maximum Gasteiger partial charge on any atom is 0.428 e. The van der Waals surface area contributed by atoms with Gasteiger partial charge < -0.3 is 4.52 Å². The second-order valence-electron chi connectivity index (χ2n) is 3.37. The molecule has 0 aliphatic rings. The van der Waals surface area contributed by atoms with Crippen LogP contribution < -0.4 is 4.52 Å². The molecule has 0 N–H and O–H groups in total. The molecule has 0 aliphatic carbocycles. The van der Waals surface area contributed by atoms with Crippen molar-refractivity contribution in [1.82, 2.24) is 0 Å². The molecular formula is C12H9Cl2O2P. The molecule has 0 heterocycles. The summed E-state index contributed by atoms with van der Waals surface area (Å²) in [5, 5.41) is 0. The van der Waals surface area contributed by atoms with Crippen LogP contribution in [0.5, 0.6) is 5.75 Å². The fraction of sp³-hybridized carbons (Fsp3) is 0. The summed E-state index contributed by atoms with van der Waals surface area (Å²) < 4.78 is 16.3. The Labute approximate surface area is 109 Å². The standard InChI is InChI=1S/C12H9Cl2O2P/c13-17(14,15)16-12-9-5-4-8-11(12)10-6-2-1-3-7-10/h1-9H. The van der Waals surface area contributed by atoms with E-state index in [4.69, 9.17) is 27.0 Å². The van der Waals surface area contributed by atoms with E-state index < -0.39 is 6.07 Å². The number of benzene rings is 2. The van der Waals surface area contributed by atoms with Crippen LogP contribution in [0.25, 0.3) is 11.1 Å². The van der Waals surface area contributed by atoms with Gasteiger partial charge in [-0.25, -0.2) is 4.57 Å². The summed E-state index contributed by atoms with van der Waals surface area (Å²) in [7, 11) is 0. The van der Waals surface area contributed by atoms with Crippen molar-refractivity contribution in [3.8, 4) is 16.9 Å². The summed E-state index contributed by atoms with van der Waals surface area (Å²) in [4.78, 5) is 0. The SMILES string of the molecule is O=P(Cl)(Cl)Oc1ccccc1-c1ccccc1. The van der Waals surface area contributed by atoms with E-state index in [9.17, 15) is 4.57 Å². The highest BCUT2D eigenvalue weighted by Crippen LogP contribution is 2.58. The van der Waals surface area contributed by atoms with Crippen molar-refractivity contribution < 1.29 is 9.09 Å². The van der Waals surface area contributed by atoms with Crippen LogP contribution in [0.2, 0.25) is 0 Å². The predicted molar refractivity (Wildman–Crippen MR) is 71.8 cm³/mol. The molecule has 0 unspecified atom stereocenters. The Hall–Kier alpha value is -0.950. The summed E-state index contributed by atoms with van der Waals surface area (Å²) in [5.74, 6) is 0.409. The molecule has 2 rings (SSSR count). The van der Waals surface area contributed by atoms with Gasteiger partial charge in [0.05, 0.1) is 0 Å². The maximum absolute atomic E-state index is 11.3. The summed E-state index contributed by atoms with van der Waals surface area (Å²) in [6, 6.07) is 16.8. The van der Waals surface area contributed by atoms with E-state index in [2.05, 4.69) is 0 Å². The number of halogens is 2. The van der Waals surface area contributed by atoms with Crippen LogP contribution in [0.15, 0.2) is 54.6 Å². The van der Waals surface area contributed by atoms with Crippen LogP contribution in [0, 0.1) is 0 Å². The first-order valence-corrected chi connectivity index (χ1v) is 8.33. The minimum Gasteiger partial charge on any atom is -0.422 e. The van der Waals surface area contributed by atoms with E-state index in [0.29, 0.717) is 5.75 Å². The molecule has 88 valence electrons. The predicted octanol–water partition coefficient (Wildman–Crippen LogP) is 5.32. The van der Waals surface area contributed by atoms with Gasteiger partial charge in [-0.1, -0.05) is 48.5 Å². The number of hydrogen-bond acceptors (Lipinski definition) is 2. The lowest BCUT2D eigenvalue weighted by molar-refractivity contribution is 0.514. The average molecular weight is 287 g/mol. The second-order valence-corrected chi connectivity index (χ2v) is 7.57. The zero-order valence-corrected chi connectivity index (χ0v) is 11.1. The smallest absolute Gasteiger partial charge is 0.422 e. The third-order valence-corrected chi connectivity index (χ3v) is 3.00. The number of para-hydroxylation sites is 1. The van der Waals surface area contributed by atoms with Crippen LogP contribution in [0.4, 0.5) is 0 Å². The summed E-state index contributed by atoms with van der Waals surface area (Å²) in [6.07, 6.45) is -3.59. The zero-order valence-electron chi connectivity index (χ0n) is 8.72. The molecule has 5 heteroatoms. The molecule has 0 aromatic heterocycles. The van der Waals surface area contributed by atoms with Crippen molar-refractivity contribution in [3.05, 3.63) is 54.6 Å². The van der Waals surface area contributed by atoms with Crippen LogP contribution in [0.3, 0.4) is 0 Å². The molecule has 0 fully saturated rings. The highest BCUT2D eigenvalue weighted by Gasteiger charge is 2.18. The molecule has 0 bridgehead atoms. The molecule has 0 saturated carbocycles. The van der Waals surface area contributed by atoms with Crippen LogP contribution >= 0.6 is 28.6 Å². The highest BCUT2D eigenvalue weighted by atomic mass is 35.9. The van der Waals surface area contributed by atoms with E-state index in [1.807, 2.05) is 42.5 Å². The Morgan fingerprint density at radius 3 is 2.12 bits per heavy atom. The van der Waals surface area contributed by atoms with Gasteiger partial charge in [0, 0.05) is 28.0 Å². The third kappa shape index (κ3) is 3.50. The molecule has 0 aliphatic heterocycles. The Balaban J connectivity index is 2.45. The Morgan fingerprint density at radius 1 is 0.882 bits per heavy atom. The lowest BCUT2D eigenvalue weighted by atomic mass is 10.1. The van der Waals surface area contributed by atoms with Gasteiger partial charge in [0.15, 0.2) is 0 Å². The minimum absolute atomic E-state index is 0.409. The first-order chi connectivity index (χ1) is 8.06. The van der Waals surface area contributed by atoms with E-state index >= 15 is 0 Å². The fourth-order valence-corrected chi connectivity index (χ4v) is 2.35. The molecule has 2 aromatic rings. The number of hydrogen-bond donors (Lipinski definition) is 0. The fourth-order valence-electron chi connectivity index (χ4n) is 1.52. The topological polar surface area (TPSA) is 26.3 Å². The van der Waals surface area contributed by atoms with Gasteiger partial charge in [-0.2, -0.15) is 0 Å². The third-order valence-electron chi connectivity index (χ3n) is 2.18. The van der Waals surface area contributed by atoms with E-state index in [0.717, 1.165) is 11.1 Å². The first-order valence-electron chi connectivity index (χ1n) is 4.90. The molecule has 17 heavy (non-hydrogen) atoms. The van der Waals surface area contributed by atoms with E-state index in [1.54, 1.807) is 12.1 Å². The van der Waals surface area contributed by atoms with E-state index in [1.165, 1.54) is 0 Å². The Kier molecular flexibility index (Phi) is 3.78. The monoisotopic (exact) mass is 286 g/mol. The molecule has 2 aromatic carbocycles. The molecule has 0 saturated heterocycles. The van der Waals surface area contributed by atoms with Gasteiger partial charge in [-0.05, 0) is 11.6 Å². The molecule has 0 atom stereocenters. The lowest BCUT2D eigenvalue weighted by Gasteiger charge is -2.11. The number of rotatable bonds is 3. The average Bonchev–Trinajstić information content (AvgIpc) is 2.29. The maximum atomic E-state index is 11.3. The lowest BCUT2D eigenvalue weighted by Crippen LogP contribution is -1.86. The van der Waals surface area contributed by atoms with Gasteiger partial charge in [-0.3, -0.25) is 0 Å². The normalized spacial score (nSPS) is 11.2. The van der Waals surface area contributed by atoms with Crippen molar-refractivity contribution in [1.29, 1.82) is 0 Å².